The van der Waals surface area contributed by atoms with Gasteiger partial charge in [0.05, 0.1) is 11.4 Å². The Morgan fingerprint density at radius 1 is 0.897 bits per heavy atom. The molecule has 0 radical (unpaired) electrons. The van der Waals surface area contributed by atoms with Crippen molar-refractivity contribution in [3.63, 3.8) is 0 Å². The molecule has 1 amide bonds. The Kier molecular flexibility index (Phi) is 4.78. The zero-order valence-electron chi connectivity index (χ0n) is 16.0. The lowest BCUT2D eigenvalue weighted by molar-refractivity contribution is 0.102. The predicted octanol–water partition coefficient (Wildman–Crippen LogP) is 3.40. The smallest absolute Gasteiger partial charge is 0.255 e. The molecule has 0 saturated carbocycles. The molecular formula is C22H19N5O2. The molecule has 0 atom stereocenters. The summed E-state index contributed by atoms with van der Waals surface area (Å²) in [5, 5.41) is 7.19. The number of carbonyl (C=O) groups is 2. The van der Waals surface area contributed by atoms with E-state index >= 15 is 0 Å². The lowest BCUT2D eigenvalue weighted by Gasteiger charge is -2.08. The Labute approximate surface area is 167 Å². The van der Waals surface area contributed by atoms with E-state index in [1.54, 1.807) is 65.1 Å². The van der Waals surface area contributed by atoms with Crippen molar-refractivity contribution in [3.8, 4) is 5.69 Å². The van der Waals surface area contributed by atoms with E-state index in [0.717, 1.165) is 11.4 Å². The number of benzene rings is 2. The highest BCUT2D eigenvalue weighted by Crippen LogP contribution is 2.15. The summed E-state index contributed by atoms with van der Waals surface area (Å²) >= 11 is 0. The summed E-state index contributed by atoms with van der Waals surface area (Å²) in [5.41, 5.74) is 3.46. The van der Waals surface area contributed by atoms with Crippen molar-refractivity contribution in [3.05, 3.63) is 95.8 Å². The molecule has 0 unspecified atom stereocenters. The first-order valence-electron chi connectivity index (χ1n) is 9.07. The van der Waals surface area contributed by atoms with Gasteiger partial charge in [-0.1, -0.05) is 0 Å². The van der Waals surface area contributed by atoms with Gasteiger partial charge >= 0.3 is 0 Å². The summed E-state index contributed by atoms with van der Waals surface area (Å²) in [6.45, 7) is 1.92. The van der Waals surface area contributed by atoms with Crippen LogP contribution in [0.3, 0.4) is 0 Å². The Hall–Kier alpha value is -4.00. The van der Waals surface area contributed by atoms with Crippen LogP contribution in [0.5, 0.6) is 0 Å². The summed E-state index contributed by atoms with van der Waals surface area (Å²) in [6, 6.07) is 15.9. The molecular weight excluding hydrogens is 366 g/mol. The summed E-state index contributed by atoms with van der Waals surface area (Å²) in [6.07, 6.45) is 5.18. The maximum absolute atomic E-state index is 12.5. The van der Waals surface area contributed by atoms with Gasteiger partial charge in [0.2, 0.25) is 5.78 Å². The normalized spacial score (nSPS) is 10.7. The first-order valence-corrected chi connectivity index (χ1v) is 9.07. The maximum Gasteiger partial charge on any atom is 0.255 e. The fourth-order valence-electron chi connectivity index (χ4n) is 2.95. The molecule has 2 heterocycles. The number of aryl methyl sites for hydroxylation is 2. The fourth-order valence-corrected chi connectivity index (χ4v) is 2.95. The predicted molar refractivity (Wildman–Crippen MR) is 109 cm³/mol. The number of hydrogen-bond donors (Lipinski definition) is 1. The number of aromatic nitrogens is 4. The van der Waals surface area contributed by atoms with E-state index < -0.39 is 0 Å². The zero-order valence-corrected chi connectivity index (χ0v) is 16.0. The van der Waals surface area contributed by atoms with Crippen LogP contribution in [0, 0.1) is 6.92 Å². The average Bonchev–Trinajstić information content (AvgIpc) is 3.36. The van der Waals surface area contributed by atoms with Crippen molar-refractivity contribution < 1.29 is 9.59 Å². The first kappa shape index (κ1) is 18.4. The number of ketones is 1. The van der Waals surface area contributed by atoms with Crippen LogP contribution in [0.1, 0.15) is 32.2 Å². The molecule has 4 aromatic rings. The molecule has 29 heavy (non-hydrogen) atoms. The number of imidazole rings is 1. The average molecular weight is 385 g/mol. The summed E-state index contributed by atoms with van der Waals surface area (Å²) in [4.78, 5) is 29.0. The van der Waals surface area contributed by atoms with Crippen molar-refractivity contribution in [2.45, 2.75) is 6.92 Å². The van der Waals surface area contributed by atoms with Gasteiger partial charge in [0.1, 0.15) is 0 Å². The minimum absolute atomic E-state index is 0.167. The molecule has 1 N–H and O–H groups in total. The van der Waals surface area contributed by atoms with Crippen molar-refractivity contribution >= 4 is 17.4 Å². The molecule has 0 aliphatic carbocycles. The van der Waals surface area contributed by atoms with Gasteiger partial charge in [0.25, 0.3) is 5.91 Å². The lowest BCUT2D eigenvalue weighted by atomic mass is 10.1. The molecule has 0 spiro atoms. The number of hydrogen-bond acceptors (Lipinski definition) is 4. The molecule has 7 nitrogen and oxygen atoms in total. The standard InChI is InChI=1S/C22H19N5O2/c1-15-11-13-27(25-15)19-9-5-17(6-10-19)22(29)24-18-7-3-16(4-8-18)20(28)21-23-12-14-26(21)2/h3-14H,1-2H3,(H,24,29). The SMILES string of the molecule is Cc1ccn(-c2ccc(C(=O)Nc3ccc(C(=O)c4nccn4C)cc3)cc2)n1. The highest BCUT2D eigenvalue weighted by molar-refractivity contribution is 6.07. The van der Waals surface area contributed by atoms with Crippen molar-refractivity contribution in [1.82, 2.24) is 19.3 Å². The second-order valence-corrected chi connectivity index (χ2v) is 6.67. The van der Waals surface area contributed by atoms with Crippen LogP contribution < -0.4 is 5.32 Å². The molecule has 0 bridgehead atoms. The highest BCUT2D eigenvalue weighted by Gasteiger charge is 2.14. The quantitative estimate of drug-likeness (QED) is 0.534. The van der Waals surface area contributed by atoms with E-state index in [1.807, 2.05) is 31.3 Å². The second-order valence-electron chi connectivity index (χ2n) is 6.67. The molecule has 2 aromatic heterocycles. The molecule has 4 rings (SSSR count). The van der Waals surface area contributed by atoms with Crippen molar-refractivity contribution in [1.29, 1.82) is 0 Å². The van der Waals surface area contributed by atoms with Gasteiger partial charge in [-0.15, -0.1) is 0 Å². The van der Waals surface area contributed by atoms with E-state index in [2.05, 4.69) is 15.4 Å². The van der Waals surface area contributed by atoms with Crippen LogP contribution >= 0.6 is 0 Å². The van der Waals surface area contributed by atoms with Crippen LogP contribution in [-0.4, -0.2) is 31.0 Å². The van der Waals surface area contributed by atoms with Crippen LogP contribution in [0.2, 0.25) is 0 Å². The highest BCUT2D eigenvalue weighted by atomic mass is 16.1. The molecule has 0 aliphatic heterocycles. The third-order valence-electron chi connectivity index (χ3n) is 4.55. The van der Waals surface area contributed by atoms with E-state index in [-0.39, 0.29) is 11.7 Å². The van der Waals surface area contributed by atoms with Gasteiger partial charge in [0.15, 0.2) is 5.82 Å². The number of carbonyl (C=O) groups excluding carboxylic acids is 2. The third kappa shape index (κ3) is 3.84. The van der Waals surface area contributed by atoms with Crippen LogP contribution in [0.25, 0.3) is 5.69 Å². The molecule has 0 saturated heterocycles. The first-order chi connectivity index (χ1) is 14.0. The third-order valence-corrected chi connectivity index (χ3v) is 4.55. The minimum Gasteiger partial charge on any atom is -0.331 e. The van der Waals surface area contributed by atoms with E-state index in [4.69, 9.17) is 0 Å². The van der Waals surface area contributed by atoms with Crippen molar-refractivity contribution in [2.75, 3.05) is 5.32 Å². The second kappa shape index (κ2) is 7.55. The molecule has 0 fully saturated rings. The summed E-state index contributed by atoms with van der Waals surface area (Å²) in [7, 11) is 1.77. The van der Waals surface area contributed by atoms with Gasteiger partial charge in [-0.3, -0.25) is 9.59 Å². The topological polar surface area (TPSA) is 81.8 Å². The van der Waals surface area contributed by atoms with Gasteiger partial charge < -0.3 is 9.88 Å². The number of nitrogens with one attached hydrogen (secondary N) is 1. The van der Waals surface area contributed by atoms with E-state index in [0.29, 0.717) is 22.6 Å². The van der Waals surface area contributed by atoms with E-state index in [1.165, 1.54) is 0 Å². The van der Waals surface area contributed by atoms with Gasteiger partial charge in [-0.25, -0.2) is 9.67 Å². The number of rotatable bonds is 5. The number of nitrogens with zero attached hydrogens (tertiary/aromatic N) is 4. The van der Waals surface area contributed by atoms with E-state index in [9.17, 15) is 9.59 Å². The van der Waals surface area contributed by atoms with Crippen LogP contribution in [0.15, 0.2) is 73.2 Å². The Morgan fingerprint density at radius 3 is 2.17 bits per heavy atom. The van der Waals surface area contributed by atoms with Gasteiger partial charge in [-0.05, 0) is 61.5 Å². The maximum atomic E-state index is 12.5. The van der Waals surface area contributed by atoms with Crippen LogP contribution in [-0.2, 0) is 7.05 Å². The largest absolute Gasteiger partial charge is 0.331 e. The lowest BCUT2D eigenvalue weighted by Crippen LogP contribution is -2.12. The Morgan fingerprint density at radius 2 is 1.59 bits per heavy atom. The summed E-state index contributed by atoms with van der Waals surface area (Å²) in [5.74, 6) is -0.0227. The van der Waals surface area contributed by atoms with Gasteiger partial charge in [-0.2, -0.15) is 5.10 Å². The Bertz CT molecular complexity index is 1170. The summed E-state index contributed by atoms with van der Waals surface area (Å²) < 4.78 is 3.43. The van der Waals surface area contributed by atoms with Crippen molar-refractivity contribution in [2.24, 2.45) is 7.05 Å². The number of anilines is 1. The van der Waals surface area contributed by atoms with Gasteiger partial charge in [0, 0.05) is 42.5 Å². The minimum atomic E-state index is -0.226. The molecule has 144 valence electrons. The van der Waals surface area contributed by atoms with Crippen LogP contribution in [0.4, 0.5) is 5.69 Å². The Balaban J connectivity index is 1.44. The zero-order chi connectivity index (χ0) is 20.4. The monoisotopic (exact) mass is 385 g/mol. The number of amides is 1. The fraction of sp³-hybridized carbons (Fsp3) is 0.0909. The molecule has 7 heteroatoms. The molecule has 0 aliphatic rings. The molecule has 2 aromatic carbocycles.